The van der Waals surface area contributed by atoms with Crippen LogP contribution < -0.4 is 10.6 Å². The minimum Gasteiger partial charge on any atom is -0.352 e. The van der Waals surface area contributed by atoms with Crippen LogP contribution in [0.2, 0.25) is 0 Å². The van der Waals surface area contributed by atoms with Gasteiger partial charge in [0.25, 0.3) is 5.91 Å². The first-order valence-electron chi connectivity index (χ1n) is 9.31. The molecule has 3 amide bonds. The number of benzene rings is 1. The van der Waals surface area contributed by atoms with Crippen LogP contribution in [-0.4, -0.2) is 40.2 Å². The molecule has 7 heteroatoms. The second kappa shape index (κ2) is 8.65. The minimum atomic E-state index is -0.298. The van der Waals surface area contributed by atoms with E-state index in [2.05, 4.69) is 15.6 Å². The van der Waals surface area contributed by atoms with Gasteiger partial charge in [0, 0.05) is 43.6 Å². The van der Waals surface area contributed by atoms with E-state index in [0.717, 1.165) is 5.56 Å². The molecule has 2 N–H and O–H groups in total. The molecule has 146 valence electrons. The number of nitrogens with one attached hydrogen (secondary N) is 2. The lowest BCUT2D eigenvalue weighted by Gasteiger charge is -2.20. The average molecular weight is 380 g/mol. The largest absolute Gasteiger partial charge is 0.352 e. The quantitative estimate of drug-likeness (QED) is 0.804. The van der Waals surface area contributed by atoms with Crippen molar-refractivity contribution in [1.82, 2.24) is 15.2 Å². The van der Waals surface area contributed by atoms with Crippen molar-refractivity contribution in [2.24, 2.45) is 5.92 Å². The Balaban J connectivity index is 1.50. The van der Waals surface area contributed by atoms with Crippen LogP contribution >= 0.6 is 0 Å². The molecular weight excluding hydrogens is 356 g/mol. The Hall–Kier alpha value is -3.22. The summed E-state index contributed by atoms with van der Waals surface area (Å²) in [5.74, 6) is -0.600. The Bertz CT molecular complexity index is 850. The third kappa shape index (κ3) is 4.73. The molecule has 0 spiro atoms. The SMILES string of the molecule is CC(C)N1CC(C(=O)NCc2ccc(NC(=O)c3cccnc3)cc2)CC1=O. The zero-order valence-electron chi connectivity index (χ0n) is 16.0. The van der Waals surface area contributed by atoms with Crippen LogP contribution in [0.1, 0.15) is 36.2 Å². The van der Waals surface area contributed by atoms with Crippen LogP contribution in [0.3, 0.4) is 0 Å². The maximum Gasteiger partial charge on any atom is 0.257 e. The first-order chi connectivity index (χ1) is 13.4. The summed E-state index contributed by atoms with van der Waals surface area (Å²) < 4.78 is 0. The second-order valence-corrected chi connectivity index (χ2v) is 7.15. The summed E-state index contributed by atoms with van der Waals surface area (Å²) in [6.07, 6.45) is 3.39. The van der Waals surface area contributed by atoms with Gasteiger partial charge < -0.3 is 15.5 Å². The summed E-state index contributed by atoms with van der Waals surface area (Å²) in [5, 5.41) is 5.70. The van der Waals surface area contributed by atoms with Gasteiger partial charge in [-0.05, 0) is 43.7 Å². The normalized spacial score (nSPS) is 16.3. The molecule has 1 aliphatic heterocycles. The van der Waals surface area contributed by atoms with Crippen LogP contribution in [0.5, 0.6) is 0 Å². The van der Waals surface area contributed by atoms with Crippen molar-refractivity contribution in [2.45, 2.75) is 32.9 Å². The fourth-order valence-corrected chi connectivity index (χ4v) is 3.15. The van der Waals surface area contributed by atoms with E-state index >= 15 is 0 Å². The van der Waals surface area contributed by atoms with Crippen molar-refractivity contribution in [3.05, 3.63) is 59.9 Å². The Morgan fingerprint density at radius 1 is 1.21 bits per heavy atom. The van der Waals surface area contributed by atoms with Crippen molar-refractivity contribution < 1.29 is 14.4 Å². The summed E-state index contributed by atoms with van der Waals surface area (Å²) in [7, 11) is 0. The molecule has 1 aliphatic rings. The number of hydrogen-bond donors (Lipinski definition) is 2. The van der Waals surface area contributed by atoms with E-state index < -0.39 is 0 Å². The Morgan fingerprint density at radius 3 is 2.57 bits per heavy atom. The van der Waals surface area contributed by atoms with Gasteiger partial charge in [-0.15, -0.1) is 0 Å². The van der Waals surface area contributed by atoms with Crippen molar-refractivity contribution in [3.8, 4) is 0 Å². The van der Waals surface area contributed by atoms with Crippen LogP contribution in [0, 0.1) is 5.92 Å². The fraction of sp³-hybridized carbons (Fsp3) is 0.333. The maximum absolute atomic E-state index is 12.3. The van der Waals surface area contributed by atoms with Gasteiger partial charge >= 0.3 is 0 Å². The van der Waals surface area contributed by atoms with E-state index in [-0.39, 0.29) is 36.1 Å². The van der Waals surface area contributed by atoms with Gasteiger partial charge in [0.1, 0.15) is 0 Å². The highest BCUT2D eigenvalue weighted by molar-refractivity contribution is 6.04. The smallest absolute Gasteiger partial charge is 0.257 e. The topological polar surface area (TPSA) is 91.4 Å². The average Bonchev–Trinajstić information content (AvgIpc) is 3.10. The number of nitrogens with zero attached hydrogens (tertiary/aromatic N) is 2. The summed E-state index contributed by atoms with van der Waals surface area (Å²) >= 11 is 0. The number of rotatable bonds is 6. The molecule has 7 nitrogen and oxygen atoms in total. The summed E-state index contributed by atoms with van der Waals surface area (Å²) in [5.41, 5.74) is 2.07. The van der Waals surface area contributed by atoms with Gasteiger partial charge in [0.05, 0.1) is 11.5 Å². The van der Waals surface area contributed by atoms with Crippen LogP contribution in [-0.2, 0) is 16.1 Å². The molecule has 0 radical (unpaired) electrons. The van der Waals surface area contributed by atoms with E-state index in [4.69, 9.17) is 0 Å². The second-order valence-electron chi connectivity index (χ2n) is 7.15. The van der Waals surface area contributed by atoms with Crippen molar-refractivity contribution >= 4 is 23.4 Å². The van der Waals surface area contributed by atoms with Crippen LogP contribution in [0.15, 0.2) is 48.8 Å². The molecule has 1 unspecified atom stereocenters. The maximum atomic E-state index is 12.3. The minimum absolute atomic E-state index is 0.0314. The van der Waals surface area contributed by atoms with Gasteiger partial charge in [-0.1, -0.05) is 12.1 Å². The Labute approximate surface area is 164 Å². The van der Waals surface area contributed by atoms with Crippen molar-refractivity contribution in [1.29, 1.82) is 0 Å². The molecule has 0 aliphatic carbocycles. The molecular formula is C21H24N4O3. The van der Waals surface area contributed by atoms with E-state index in [9.17, 15) is 14.4 Å². The number of anilines is 1. The lowest BCUT2D eigenvalue weighted by molar-refractivity contribution is -0.130. The molecule has 2 heterocycles. The van der Waals surface area contributed by atoms with E-state index in [1.165, 1.54) is 6.20 Å². The van der Waals surface area contributed by atoms with Gasteiger partial charge in [0.2, 0.25) is 11.8 Å². The first kappa shape index (κ1) is 19.5. The van der Waals surface area contributed by atoms with Gasteiger partial charge in [-0.25, -0.2) is 0 Å². The third-order valence-electron chi connectivity index (χ3n) is 4.75. The summed E-state index contributed by atoms with van der Waals surface area (Å²) in [4.78, 5) is 42.1. The molecule has 28 heavy (non-hydrogen) atoms. The monoisotopic (exact) mass is 380 g/mol. The Morgan fingerprint density at radius 2 is 1.96 bits per heavy atom. The van der Waals surface area contributed by atoms with Gasteiger partial charge in [0.15, 0.2) is 0 Å². The lowest BCUT2D eigenvalue weighted by atomic mass is 10.1. The number of carbonyl (C=O) groups excluding carboxylic acids is 3. The zero-order valence-corrected chi connectivity index (χ0v) is 16.0. The molecule has 1 atom stereocenters. The summed E-state index contributed by atoms with van der Waals surface area (Å²) in [6.45, 7) is 4.75. The number of amides is 3. The van der Waals surface area contributed by atoms with Crippen LogP contribution in [0.25, 0.3) is 0 Å². The number of pyridine rings is 1. The molecule has 1 saturated heterocycles. The molecule has 1 aromatic carbocycles. The predicted molar refractivity (Wildman–Crippen MR) is 105 cm³/mol. The molecule has 0 bridgehead atoms. The van der Waals surface area contributed by atoms with Crippen molar-refractivity contribution in [3.63, 3.8) is 0 Å². The molecule has 2 aromatic rings. The van der Waals surface area contributed by atoms with E-state index in [1.807, 2.05) is 26.0 Å². The predicted octanol–water partition coefficient (Wildman–Crippen LogP) is 2.21. The van der Waals surface area contributed by atoms with Gasteiger partial charge in [-0.2, -0.15) is 0 Å². The third-order valence-corrected chi connectivity index (χ3v) is 4.75. The Kier molecular flexibility index (Phi) is 6.03. The van der Waals surface area contributed by atoms with Crippen molar-refractivity contribution in [2.75, 3.05) is 11.9 Å². The number of aromatic nitrogens is 1. The highest BCUT2D eigenvalue weighted by atomic mass is 16.2. The van der Waals surface area contributed by atoms with E-state index in [0.29, 0.717) is 24.3 Å². The first-order valence-corrected chi connectivity index (χ1v) is 9.31. The lowest BCUT2D eigenvalue weighted by Crippen LogP contribution is -2.35. The number of carbonyl (C=O) groups is 3. The highest BCUT2D eigenvalue weighted by Gasteiger charge is 2.35. The molecule has 1 aromatic heterocycles. The molecule has 0 saturated carbocycles. The highest BCUT2D eigenvalue weighted by Crippen LogP contribution is 2.20. The van der Waals surface area contributed by atoms with Crippen LogP contribution in [0.4, 0.5) is 5.69 Å². The molecule has 3 rings (SSSR count). The van der Waals surface area contributed by atoms with Gasteiger partial charge in [-0.3, -0.25) is 19.4 Å². The standard InChI is InChI=1S/C21H24N4O3/c1-14(2)25-13-17(10-19(25)26)20(27)23-11-15-5-7-18(8-6-15)24-21(28)16-4-3-9-22-12-16/h3-9,12,14,17H,10-11,13H2,1-2H3,(H,23,27)(H,24,28). The fourth-order valence-electron chi connectivity index (χ4n) is 3.15. The summed E-state index contributed by atoms with van der Waals surface area (Å²) in [6, 6.07) is 10.8. The zero-order chi connectivity index (χ0) is 20.1. The van der Waals surface area contributed by atoms with E-state index in [1.54, 1.807) is 35.4 Å². The number of likely N-dealkylation sites (tertiary alicyclic amines) is 1. The molecule has 1 fully saturated rings. The number of hydrogen-bond acceptors (Lipinski definition) is 4.